The number of rotatable bonds is 12. The van der Waals surface area contributed by atoms with Gasteiger partial charge < -0.3 is 19.4 Å². The molecule has 0 spiro atoms. The number of halogens is 1. The fourth-order valence-corrected chi connectivity index (χ4v) is 4.14. The maximum atomic E-state index is 14.2. The molecule has 7 heteroatoms. The molecule has 0 aliphatic carbocycles. The van der Waals surface area contributed by atoms with Crippen molar-refractivity contribution in [2.75, 3.05) is 26.8 Å². The Hall–Kier alpha value is -3.26. The summed E-state index contributed by atoms with van der Waals surface area (Å²) < 4.78 is 25.3. The van der Waals surface area contributed by atoms with Gasteiger partial charge in [0.15, 0.2) is 0 Å². The van der Waals surface area contributed by atoms with Crippen LogP contribution in [0.25, 0.3) is 0 Å². The topological polar surface area (TPSA) is 63.5 Å². The molecule has 1 aliphatic heterocycles. The summed E-state index contributed by atoms with van der Waals surface area (Å²) >= 11 is 0. The van der Waals surface area contributed by atoms with Gasteiger partial charge in [-0.25, -0.2) is 4.39 Å². The van der Waals surface area contributed by atoms with E-state index in [9.17, 15) is 9.50 Å². The fraction of sp³-hybridized carbons (Fsp3) is 0.321. The molecule has 0 unspecified atom stereocenters. The Morgan fingerprint density at radius 2 is 1.83 bits per heavy atom. The first-order valence-corrected chi connectivity index (χ1v) is 11.7. The minimum atomic E-state index is -0.683. The SMILES string of the molecule is COc1cccc(CN(C[C@@H](O)COCc2ccccc2)C[C@@H]2CC(c3ccccc3F)=NO2)c1. The van der Waals surface area contributed by atoms with Gasteiger partial charge in [-0.15, -0.1) is 0 Å². The lowest BCUT2D eigenvalue weighted by Crippen LogP contribution is -2.39. The third-order valence-electron chi connectivity index (χ3n) is 5.81. The molecule has 3 aromatic rings. The Morgan fingerprint density at radius 1 is 1.06 bits per heavy atom. The first-order valence-electron chi connectivity index (χ1n) is 11.7. The second-order valence-electron chi connectivity index (χ2n) is 8.65. The highest BCUT2D eigenvalue weighted by Gasteiger charge is 2.27. The highest BCUT2D eigenvalue weighted by atomic mass is 19.1. The molecule has 35 heavy (non-hydrogen) atoms. The Balaban J connectivity index is 1.37. The number of benzene rings is 3. The van der Waals surface area contributed by atoms with E-state index >= 15 is 0 Å². The van der Waals surface area contributed by atoms with Gasteiger partial charge in [-0.3, -0.25) is 4.90 Å². The third-order valence-corrected chi connectivity index (χ3v) is 5.81. The lowest BCUT2D eigenvalue weighted by atomic mass is 10.0. The number of ether oxygens (including phenoxy) is 2. The molecule has 0 bridgehead atoms. The highest BCUT2D eigenvalue weighted by Crippen LogP contribution is 2.21. The van der Waals surface area contributed by atoms with E-state index in [2.05, 4.69) is 10.1 Å². The summed E-state index contributed by atoms with van der Waals surface area (Å²) in [6.07, 6.45) is -0.429. The van der Waals surface area contributed by atoms with Crippen molar-refractivity contribution in [3.05, 3.63) is 101 Å². The molecule has 1 heterocycles. The zero-order chi connectivity index (χ0) is 24.5. The molecule has 0 saturated heterocycles. The van der Waals surface area contributed by atoms with Crippen LogP contribution in [0.15, 0.2) is 84.0 Å². The summed E-state index contributed by atoms with van der Waals surface area (Å²) in [5.74, 6) is 0.464. The molecule has 3 aromatic carbocycles. The number of nitrogens with zero attached hydrogens (tertiary/aromatic N) is 2. The lowest BCUT2D eigenvalue weighted by Gasteiger charge is -2.27. The van der Waals surface area contributed by atoms with E-state index in [0.29, 0.717) is 43.9 Å². The van der Waals surface area contributed by atoms with Crippen LogP contribution >= 0.6 is 0 Å². The first kappa shape index (κ1) is 24.9. The number of aliphatic hydroxyl groups is 1. The van der Waals surface area contributed by atoms with Crippen molar-refractivity contribution in [3.8, 4) is 5.75 Å². The van der Waals surface area contributed by atoms with Gasteiger partial charge in [0.2, 0.25) is 0 Å². The van der Waals surface area contributed by atoms with E-state index in [0.717, 1.165) is 16.9 Å². The Labute approximate surface area is 205 Å². The summed E-state index contributed by atoms with van der Waals surface area (Å²) in [4.78, 5) is 7.76. The average Bonchev–Trinajstić information content (AvgIpc) is 3.33. The Kier molecular flexibility index (Phi) is 8.84. The van der Waals surface area contributed by atoms with Crippen LogP contribution < -0.4 is 4.74 Å². The van der Waals surface area contributed by atoms with Gasteiger partial charge in [0.05, 0.1) is 32.1 Å². The molecule has 0 amide bonds. The molecule has 0 aromatic heterocycles. The molecule has 1 N–H and O–H groups in total. The molecule has 6 nitrogen and oxygen atoms in total. The van der Waals surface area contributed by atoms with Crippen molar-refractivity contribution >= 4 is 5.71 Å². The summed E-state index contributed by atoms with van der Waals surface area (Å²) in [5.41, 5.74) is 3.17. The molecule has 2 atom stereocenters. The zero-order valence-electron chi connectivity index (χ0n) is 19.8. The summed E-state index contributed by atoms with van der Waals surface area (Å²) in [7, 11) is 1.64. The minimum absolute atomic E-state index is 0.214. The Bertz CT molecular complexity index is 1110. The van der Waals surface area contributed by atoms with E-state index in [4.69, 9.17) is 14.3 Å². The summed E-state index contributed by atoms with van der Waals surface area (Å²) in [6, 6.07) is 24.3. The van der Waals surface area contributed by atoms with Crippen molar-refractivity contribution < 1.29 is 23.8 Å². The molecule has 0 saturated carbocycles. The van der Waals surface area contributed by atoms with Crippen molar-refractivity contribution in [2.24, 2.45) is 5.16 Å². The van der Waals surface area contributed by atoms with Crippen LogP contribution in [0.4, 0.5) is 4.39 Å². The van der Waals surface area contributed by atoms with Crippen LogP contribution in [-0.4, -0.2) is 54.7 Å². The summed E-state index contributed by atoms with van der Waals surface area (Å²) in [6.45, 7) is 2.16. The third kappa shape index (κ3) is 7.36. The normalized spacial score (nSPS) is 16.1. The standard InChI is InChI=1S/C28H31FN2O4/c1-33-24-11-7-10-22(14-24)16-31(17-23(32)20-34-19-21-8-3-2-4-9-21)18-25-15-28(30-35-25)26-12-5-6-13-27(26)29/h2-14,23,25,32H,15-20H2,1H3/t23-,25+/m1/s1. The monoisotopic (exact) mass is 478 g/mol. The molecule has 0 fully saturated rings. The van der Waals surface area contributed by atoms with E-state index in [1.165, 1.54) is 6.07 Å². The van der Waals surface area contributed by atoms with Gasteiger partial charge >= 0.3 is 0 Å². The smallest absolute Gasteiger partial charge is 0.145 e. The zero-order valence-corrected chi connectivity index (χ0v) is 19.8. The van der Waals surface area contributed by atoms with Gasteiger partial charge in [0, 0.05) is 31.6 Å². The van der Waals surface area contributed by atoms with Crippen molar-refractivity contribution in [1.82, 2.24) is 4.90 Å². The molecular formula is C28H31FN2O4. The van der Waals surface area contributed by atoms with Crippen LogP contribution in [0, 0.1) is 5.82 Å². The maximum Gasteiger partial charge on any atom is 0.145 e. The van der Waals surface area contributed by atoms with Crippen LogP contribution in [0.1, 0.15) is 23.1 Å². The fourth-order valence-electron chi connectivity index (χ4n) is 4.14. The van der Waals surface area contributed by atoms with E-state index in [1.54, 1.807) is 25.3 Å². The van der Waals surface area contributed by atoms with E-state index in [-0.39, 0.29) is 18.5 Å². The predicted molar refractivity (Wildman–Crippen MR) is 133 cm³/mol. The average molecular weight is 479 g/mol. The van der Waals surface area contributed by atoms with Gasteiger partial charge in [-0.2, -0.15) is 0 Å². The molecule has 1 aliphatic rings. The second-order valence-corrected chi connectivity index (χ2v) is 8.65. The van der Waals surface area contributed by atoms with Gasteiger partial charge in [-0.05, 0) is 29.3 Å². The van der Waals surface area contributed by atoms with Crippen molar-refractivity contribution in [1.29, 1.82) is 0 Å². The molecule has 0 radical (unpaired) electrons. The number of methoxy groups -OCH3 is 1. The second kappa shape index (κ2) is 12.4. The minimum Gasteiger partial charge on any atom is -0.497 e. The number of hydrogen-bond acceptors (Lipinski definition) is 6. The molecular weight excluding hydrogens is 447 g/mol. The quantitative estimate of drug-likeness (QED) is 0.418. The summed E-state index contributed by atoms with van der Waals surface area (Å²) in [5, 5.41) is 14.8. The van der Waals surface area contributed by atoms with Gasteiger partial charge in [0.1, 0.15) is 17.7 Å². The largest absolute Gasteiger partial charge is 0.497 e. The predicted octanol–water partition coefficient (Wildman–Crippen LogP) is 4.41. The van der Waals surface area contributed by atoms with Crippen LogP contribution in [-0.2, 0) is 22.7 Å². The Morgan fingerprint density at radius 3 is 2.63 bits per heavy atom. The number of aliphatic hydroxyl groups excluding tert-OH is 1. The van der Waals surface area contributed by atoms with E-state index < -0.39 is 6.10 Å². The van der Waals surface area contributed by atoms with Crippen LogP contribution in [0.5, 0.6) is 5.75 Å². The van der Waals surface area contributed by atoms with Crippen LogP contribution in [0.2, 0.25) is 0 Å². The lowest BCUT2D eigenvalue weighted by molar-refractivity contribution is -0.00649. The highest BCUT2D eigenvalue weighted by molar-refractivity contribution is 6.01. The number of hydrogen-bond donors (Lipinski definition) is 1. The first-order chi connectivity index (χ1) is 17.1. The van der Waals surface area contributed by atoms with Gasteiger partial charge in [-0.1, -0.05) is 65.8 Å². The van der Waals surface area contributed by atoms with Gasteiger partial charge in [0.25, 0.3) is 0 Å². The van der Waals surface area contributed by atoms with Crippen molar-refractivity contribution in [2.45, 2.75) is 31.8 Å². The van der Waals surface area contributed by atoms with Crippen molar-refractivity contribution in [3.63, 3.8) is 0 Å². The van der Waals surface area contributed by atoms with Crippen LogP contribution in [0.3, 0.4) is 0 Å². The molecule has 184 valence electrons. The molecule has 4 rings (SSSR count). The number of oxime groups is 1. The maximum absolute atomic E-state index is 14.2. The van der Waals surface area contributed by atoms with E-state index in [1.807, 2.05) is 54.6 Å².